The minimum absolute atomic E-state index is 0.115. The summed E-state index contributed by atoms with van der Waals surface area (Å²) >= 11 is 0. The maximum atomic E-state index is 12.9. The van der Waals surface area contributed by atoms with E-state index in [1.165, 1.54) is 34.7 Å². The second-order valence-electron chi connectivity index (χ2n) is 8.15. The van der Waals surface area contributed by atoms with Gasteiger partial charge in [0, 0.05) is 34.8 Å². The fraction of sp³-hybridized carbons (Fsp3) is 0.0714. The largest absolute Gasteiger partial charge is 0.416 e. The fourth-order valence-corrected chi connectivity index (χ4v) is 4.18. The molecular formula is C28H20F3N3O. The zero-order chi connectivity index (χ0) is 24.4. The van der Waals surface area contributed by atoms with Crippen LogP contribution in [-0.2, 0) is 12.7 Å². The molecule has 0 saturated heterocycles. The van der Waals surface area contributed by atoms with Crippen molar-refractivity contribution < 1.29 is 18.0 Å². The van der Waals surface area contributed by atoms with Crippen molar-refractivity contribution in [1.82, 2.24) is 9.99 Å². The molecule has 0 bridgehead atoms. The van der Waals surface area contributed by atoms with E-state index < -0.39 is 17.6 Å². The van der Waals surface area contributed by atoms with Gasteiger partial charge in [-0.25, -0.2) is 5.43 Å². The van der Waals surface area contributed by atoms with Gasteiger partial charge in [0.25, 0.3) is 5.91 Å². The highest BCUT2D eigenvalue weighted by Gasteiger charge is 2.30. The Morgan fingerprint density at radius 1 is 0.886 bits per heavy atom. The lowest BCUT2D eigenvalue weighted by molar-refractivity contribution is -0.137. The molecule has 35 heavy (non-hydrogen) atoms. The predicted molar refractivity (Wildman–Crippen MR) is 131 cm³/mol. The van der Waals surface area contributed by atoms with Gasteiger partial charge in [0.15, 0.2) is 0 Å². The van der Waals surface area contributed by atoms with E-state index in [1.54, 1.807) is 0 Å². The van der Waals surface area contributed by atoms with Gasteiger partial charge in [-0.15, -0.1) is 0 Å². The summed E-state index contributed by atoms with van der Waals surface area (Å²) in [5, 5.41) is 7.30. The first-order valence-corrected chi connectivity index (χ1v) is 11.0. The van der Waals surface area contributed by atoms with E-state index in [9.17, 15) is 18.0 Å². The highest BCUT2D eigenvalue weighted by atomic mass is 19.4. The van der Waals surface area contributed by atoms with Crippen molar-refractivity contribution in [3.05, 3.63) is 119 Å². The number of hydrogen-bond acceptors (Lipinski definition) is 2. The molecule has 0 atom stereocenters. The molecule has 0 aliphatic carbocycles. The van der Waals surface area contributed by atoms with Crippen LogP contribution >= 0.6 is 0 Å². The number of amides is 1. The van der Waals surface area contributed by atoms with E-state index >= 15 is 0 Å². The summed E-state index contributed by atoms with van der Waals surface area (Å²) in [6.45, 7) is 0.645. The van der Waals surface area contributed by atoms with Crippen molar-refractivity contribution >= 4 is 33.8 Å². The number of nitrogens with one attached hydrogen (secondary N) is 1. The van der Waals surface area contributed by atoms with Gasteiger partial charge in [0.2, 0.25) is 0 Å². The summed E-state index contributed by atoms with van der Waals surface area (Å²) in [6.07, 6.45) is -1.06. The van der Waals surface area contributed by atoms with Gasteiger partial charge >= 0.3 is 6.18 Å². The molecule has 1 aromatic heterocycles. The normalized spacial score (nSPS) is 12.0. The molecule has 1 heterocycles. The number of alkyl halides is 3. The lowest BCUT2D eigenvalue weighted by Crippen LogP contribution is -2.18. The number of carbonyl (C=O) groups is 1. The van der Waals surface area contributed by atoms with Gasteiger partial charge in [-0.3, -0.25) is 4.79 Å². The Labute approximate surface area is 199 Å². The Hall–Kier alpha value is -4.39. The van der Waals surface area contributed by atoms with Crippen molar-refractivity contribution in [2.75, 3.05) is 0 Å². The third-order valence-corrected chi connectivity index (χ3v) is 5.86. The van der Waals surface area contributed by atoms with Crippen molar-refractivity contribution in [3.63, 3.8) is 0 Å². The quantitative estimate of drug-likeness (QED) is 0.227. The topological polar surface area (TPSA) is 46.4 Å². The summed E-state index contributed by atoms with van der Waals surface area (Å²) < 4.78 is 40.9. The van der Waals surface area contributed by atoms with E-state index in [1.807, 2.05) is 48.7 Å². The van der Waals surface area contributed by atoms with Crippen LogP contribution in [-0.4, -0.2) is 16.7 Å². The number of halogens is 3. The molecule has 0 unspecified atom stereocenters. The molecule has 4 nitrogen and oxygen atoms in total. The first-order chi connectivity index (χ1) is 16.9. The van der Waals surface area contributed by atoms with Crippen molar-refractivity contribution in [2.24, 2.45) is 5.10 Å². The summed E-state index contributed by atoms with van der Waals surface area (Å²) in [7, 11) is 0. The molecule has 4 aromatic carbocycles. The Balaban J connectivity index is 1.40. The average Bonchev–Trinajstić information content (AvgIpc) is 3.21. The smallest absolute Gasteiger partial charge is 0.342 e. The number of para-hydroxylation sites is 1. The van der Waals surface area contributed by atoms with Crippen LogP contribution in [0.25, 0.3) is 21.7 Å². The number of hydrazone groups is 1. The van der Waals surface area contributed by atoms with Gasteiger partial charge in [-0.1, -0.05) is 66.7 Å². The highest BCUT2D eigenvalue weighted by molar-refractivity contribution is 6.00. The number of aromatic nitrogens is 1. The van der Waals surface area contributed by atoms with E-state index in [-0.39, 0.29) is 5.56 Å². The Kier molecular flexibility index (Phi) is 5.82. The average molecular weight is 471 g/mol. The zero-order valence-corrected chi connectivity index (χ0v) is 18.5. The molecule has 174 valence electrons. The van der Waals surface area contributed by atoms with Crippen LogP contribution in [0.1, 0.15) is 27.0 Å². The van der Waals surface area contributed by atoms with Gasteiger partial charge < -0.3 is 4.57 Å². The van der Waals surface area contributed by atoms with Crippen molar-refractivity contribution in [1.29, 1.82) is 0 Å². The van der Waals surface area contributed by atoms with Crippen LogP contribution in [0.3, 0.4) is 0 Å². The van der Waals surface area contributed by atoms with E-state index in [0.29, 0.717) is 6.54 Å². The van der Waals surface area contributed by atoms with E-state index in [2.05, 4.69) is 39.4 Å². The van der Waals surface area contributed by atoms with Gasteiger partial charge in [0.05, 0.1) is 11.8 Å². The molecule has 0 saturated carbocycles. The number of rotatable bonds is 5. The summed E-state index contributed by atoms with van der Waals surface area (Å²) in [6, 6.07) is 26.5. The van der Waals surface area contributed by atoms with Crippen molar-refractivity contribution in [3.8, 4) is 0 Å². The Morgan fingerprint density at radius 3 is 2.43 bits per heavy atom. The predicted octanol–water partition coefficient (Wildman–Crippen LogP) is 6.63. The van der Waals surface area contributed by atoms with Crippen LogP contribution in [0.15, 0.2) is 102 Å². The van der Waals surface area contributed by atoms with E-state index in [0.717, 1.165) is 28.6 Å². The standard InChI is InChI=1S/C28H20F3N3O/c29-28(30,31)23-11-6-9-20(15-23)27(35)33-32-16-22-18-34(26-14-4-3-13-25(22)26)17-21-10-5-8-19-7-1-2-12-24(19)21/h1-16,18H,17H2,(H,33,35)/b32-16-. The number of fused-ring (bicyclic) bond motifs is 2. The SMILES string of the molecule is O=C(N/N=C\c1cn(Cc2cccc3ccccc23)c2ccccc12)c1cccc(C(F)(F)F)c1. The van der Waals surface area contributed by atoms with Crippen LogP contribution in [0.2, 0.25) is 0 Å². The number of benzene rings is 4. The molecule has 7 heteroatoms. The van der Waals surface area contributed by atoms with Crippen molar-refractivity contribution in [2.45, 2.75) is 12.7 Å². The number of nitrogens with zero attached hydrogens (tertiary/aromatic N) is 2. The summed E-state index contributed by atoms with van der Waals surface area (Å²) in [5.41, 5.74) is 4.29. The lowest BCUT2D eigenvalue weighted by Gasteiger charge is -2.09. The second kappa shape index (κ2) is 9.10. The van der Waals surface area contributed by atoms with Gasteiger partial charge in [0.1, 0.15) is 0 Å². The third-order valence-electron chi connectivity index (χ3n) is 5.86. The molecule has 0 spiro atoms. The maximum absolute atomic E-state index is 12.9. The molecule has 0 aliphatic rings. The zero-order valence-electron chi connectivity index (χ0n) is 18.5. The molecule has 1 N–H and O–H groups in total. The summed E-state index contributed by atoms with van der Waals surface area (Å²) in [5.74, 6) is -0.716. The maximum Gasteiger partial charge on any atom is 0.416 e. The van der Waals surface area contributed by atoms with Crippen LogP contribution < -0.4 is 5.43 Å². The first kappa shape index (κ1) is 22.4. The number of hydrogen-bond donors (Lipinski definition) is 1. The molecule has 0 aliphatic heterocycles. The monoisotopic (exact) mass is 471 g/mol. The summed E-state index contributed by atoms with van der Waals surface area (Å²) in [4.78, 5) is 12.4. The second-order valence-corrected chi connectivity index (χ2v) is 8.15. The lowest BCUT2D eigenvalue weighted by atomic mass is 10.0. The van der Waals surface area contributed by atoms with Crippen LogP contribution in [0.4, 0.5) is 13.2 Å². The molecule has 5 rings (SSSR count). The van der Waals surface area contributed by atoms with Gasteiger partial charge in [-0.05, 0) is 40.6 Å². The third kappa shape index (κ3) is 4.66. The molecule has 5 aromatic rings. The van der Waals surface area contributed by atoms with Crippen LogP contribution in [0, 0.1) is 0 Å². The molecule has 1 amide bonds. The first-order valence-electron chi connectivity index (χ1n) is 11.0. The Morgan fingerprint density at radius 2 is 1.60 bits per heavy atom. The minimum atomic E-state index is -4.52. The fourth-order valence-electron chi connectivity index (χ4n) is 4.18. The van der Waals surface area contributed by atoms with Crippen LogP contribution in [0.5, 0.6) is 0 Å². The Bertz CT molecular complexity index is 1560. The molecule has 0 fully saturated rings. The molecular weight excluding hydrogens is 451 g/mol. The molecule has 0 radical (unpaired) electrons. The van der Waals surface area contributed by atoms with E-state index in [4.69, 9.17) is 0 Å². The van der Waals surface area contributed by atoms with Gasteiger partial charge in [-0.2, -0.15) is 18.3 Å². The minimum Gasteiger partial charge on any atom is -0.342 e. The highest BCUT2D eigenvalue weighted by Crippen LogP contribution is 2.29. The number of carbonyl (C=O) groups excluding carboxylic acids is 1.